The zero-order valence-corrected chi connectivity index (χ0v) is 10.1. The normalized spacial score (nSPS) is 13.7. The first-order chi connectivity index (χ1) is 8.74. The van der Waals surface area contributed by atoms with Crippen LogP contribution >= 0.6 is 0 Å². The van der Waals surface area contributed by atoms with E-state index in [1.807, 2.05) is 29.8 Å². The van der Waals surface area contributed by atoms with Crippen LogP contribution in [0.3, 0.4) is 0 Å². The Bertz CT molecular complexity index is 604. The molecule has 0 spiro atoms. The maximum Gasteiger partial charge on any atom is 0.170 e. The summed E-state index contributed by atoms with van der Waals surface area (Å²) in [6.07, 6.45) is 3.07. The van der Waals surface area contributed by atoms with Gasteiger partial charge in [0.1, 0.15) is 18.7 Å². The summed E-state index contributed by atoms with van der Waals surface area (Å²) in [5, 5.41) is 7.74. The number of carbonyl (C=O) groups excluding carboxylic acids is 1. The second kappa shape index (κ2) is 4.25. The Morgan fingerprint density at radius 3 is 3.06 bits per heavy atom. The standard InChI is InChI=1S/C13H13N3O2/c1-16-8-14-15-13(16)7-18-10-3-4-11-9(6-10)2-5-12(11)17/h3-4,6,8H,2,5,7H2,1H3. The number of fused-ring (bicyclic) bond motifs is 1. The van der Waals surface area contributed by atoms with Gasteiger partial charge in [-0.15, -0.1) is 10.2 Å². The number of Topliss-reactive ketones (excluding diaryl/α,β-unsaturated/α-hetero) is 1. The molecule has 92 valence electrons. The Balaban J connectivity index is 1.75. The first kappa shape index (κ1) is 11.0. The van der Waals surface area contributed by atoms with Crippen molar-refractivity contribution in [1.29, 1.82) is 0 Å². The maximum absolute atomic E-state index is 11.5. The summed E-state index contributed by atoms with van der Waals surface area (Å²) in [5.41, 5.74) is 1.91. The highest BCUT2D eigenvalue weighted by atomic mass is 16.5. The number of hydrogen-bond donors (Lipinski definition) is 0. The van der Waals surface area contributed by atoms with Crippen LogP contribution in [0.1, 0.15) is 28.2 Å². The molecule has 0 unspecified atom stereocenters. The molecular formula is C13H13N3O2. The summed E-state index contributed by atoms with van der Waals surface area (Å²) < 4.78 is 7.47. The molecule has 0 fully saturated rings. The monoisotopic (exact) mass is 243 g/mol. The van der Waals surface area contributed by atoms with Crippen molar-refractivity contribution in [2.24, 2.45) is 7.05 Å². The summed E-state index contributed by atoms with van der Waals surface area (Å²) in [6, 6.07) is 5.62. The summed E-state index contributed by atoms with van der Waals surface area (Å²) in [4.78, 5) is 11.5. The Kier molecular flexibility index (Phi) is 2.59. The zero-order valence-electron chi connectivity index (χ0n) is 10.1. The molecule has 18 heavy (non-hydrogen) atoms. The van der Waals surface area contributed by atoms with Gasteiger partial charge in [-0.2, -0.15) is 0 Å². The van der Waals surface area contributed by atoms with Crippen molar-refractivity contribution in [3.8, 4) is 5.75 Å². The van der Waals surface area contributed by atoms with Gasteiger partial charge in [-0.25, -0.2) is 0 Å². The van der Waals surface area contributed by atoms with Gasteiger partial charge in [-0.3, -0.25) is 4.79 Å². The second-order valence-corrected chi connectivity index (χ2v) is 4.39. The molecule has 1 aliphatic carbocycles. The van der Waals surface area contributed by atoms with Crippen molar-refractivity contribution in [3.63, 3.8) is 0 Å². The number of ketones is 1. The lowest BCUT2D eigenvalue weighted by Gasteiger charge is -2.07. The number of rotatable bonds is 3. The van der Waals surface area contributed by atoms with Gasteiger partial charge in [-0.1, -0.05) is 0 Å². The quantitative estimate of drug-likeness (QED) is 0.820. The van der Waals surface area contributed by atoms with E-state index in [-0.39, 0.29) is 5.78 Å². The molecule has 1 aliphatic rings. The molecule has 1 aromatic carbocycles. The SMILES string of the molecule is Cn1cnnc1COc1ccc2c(c1)CCC2=O. The van der Waals surface area contributed by atoms with E-state index in [4.69, 9.17) is 4.74 Å². The van der Waals surface area contributed by atoms with Crippen LogP contribution < -0.4 is 4.74 Å². The fraction of sp³-hybridized carbons (Fsp3) is 0.308. The lowest BCUT2D eigenvalue weighted by molar-refractivity contribution is 0.0994. The fourth-order valence-corrected chi connectivity index (χ4v) is 2.11. The summed E-state index contributed by atoms with van der Waals surface area (Å²) in [7, 11) is 1.88. The third-order valence-corrected chi connectivity index (χ3v) is 3.17. The molecule has 0 aliphatic heterocycles. The van der Waals surface area contributed by atoms with E-state index in [0.29, 0.717) is 13.0 Å². The number of aromatic nitrogens is 3. The number of carbonyl (C=O) groups is 1. The van der Waals surface area contributed by atoms with Crippen LogP contribution in [0.15, 0.2) is 24.5 Å². The molecule has 0 amide bonds. The molecule has 0 atom stereocenters. The average Bonchev–Trinajstić information content (AvgIpc) is 2.94. The van der Waals surface area contributed by atoms with Crippen LogP contribution in [-0.2, 0) is 20.1 Å². The lowest BCUT2D eigenvalue weighted by atomic mass is 10.1. The van der Waals surface area contributed by atoms with Gasteiger partial charge in [0.05, 0.1) is 0 Å². The highest BCUT2D eigenvalue weighted by molar-refractivity contribution is 6.00. The van der Waals surface area contributed by atoms with Crippen LogP contribution in [0.25, 0.3) is 0 Å². The first-order valence-corrected chi connectivity index (χ1v) is 5.86. The molecule has 1 heterocycles. The van der Waals surface area contributed by atoms with E-state index in [2.05, 4.69) is 10.2 Å². The van der Waals surface area contributed by atoms with Gasteiger partial charge < -0.3 is 9.30 Å². The molecule has 0 radical (unpaired) electrons. The van der Waals surface area contributed by atoms with Gasteiger partial charge in [-0.05, 0) is 30.2 Å². The molecular weight excluding hydrogens is 230 g/mol. The van der Waals surface area contributed by atoms with E-state index in [1.54, 1.807) is 6.33 Å². The highest BCUT2D eigenvalue weighted by Crippen LogP contribution is 2.26. The van der Waals surface area contributed by atoms with Gasteiger partial charge in [0.15, 0.2) is 11.6 Å². The van der Waals surface area contributed by atoms with E-state index in [1.165, 1.54) is 0 Å². The van der Waals surface area contributed by atoms with E-state index < -0.39 is 0 Å². The van der Waals surface area contributed by atoms with Crippen LogP contribution in [0.4, 0.5) is 0 Å². The predicted octanol–water partition coefficient (Wildman–Crippen LogP) is 1.52. The zero-order chi connectivity index (χ0) is 12.5. The number of hydrogen-bond acceptors (Lipinski definition) is 4. The average molecular weight is 243 g/mol. The number of benzene rings is 1. The molecule has 0 bridgehead atoms. The second-order valence-electron chi connectivity index (χ2n) is 4.39. The fourth-order valence-electron chi connectivity index (χ4n) is 2.11. The first-order valence-electron chi connectivity index (χ1n) is 5.86. The van der Waals surface area contributed by atoms with Crippen LogP contribution in [0.2, 0.25) is 0 Å². The van der Waals surface area contributed by atoms with Crippen molar-refractivity contribution in [1.82, 2.24) is 14.8 Å². The molecule has 3 rings (SSSR count). The third-order valence-electron chi connectivity index (χ3n) is 3.17. The van der Waals surface area contributed by atoms with Gasteiger partial charge in [0, 0.05) is 19.0 Å². The number of nitrogens with zero attached hydrogens (tertiary/aromatic N) is 3. The smallest absolute Gasteiger partial charge is 0.170 e. The van der Waals surface area contributed by atoms with Gasteiger partial charge >= 0.3 is 0 Å². The van der Waals surface area contributed by atoms with Crippen LogP contribution in [0, 0.1) is 0 Å². The molecule has 1 aromatic heterocycles. The highest BCUT2D eigenvalue weighted by Gasteiger charge is 2.19. The minimum atomic E-state index is 0.227. The molecule has 0 saturated heterocycles. The van der Waals surface area contributed by atoms with Crippen LogP contribution in [-0.4, -0.2) is 20.5 Å². The Hall–Kier alpha value is -2.17. The predicted molar refractivity (Wildman–Crippen MR) is 64.4 cm³/mol. The van der Waals surface area contributed by atoms with Crippen molar-refractivity contribution < 1.29 is 9.53 Å². The summed E-state index contributed by atoms with van der Waals surface area (Å²) in [5.74, 6) is 1.77. The van der Waals surface area contributed by atoms with E-state index >= 15 is 0 Å². The molecule has 5 nitrogen and oxygen atoms in total. The minimum Gasteiger partial charge on any atom is -0.486 e. The van der Waals surface area contributed by atoms with E-state index in [9.17, 15) is 4.79 Å². The third kappa shape index (κ3) is 1.88. The van der Waals surface area contributed by atoms with Crippen molar-refractivity contribution in [2.75, 3.05) is 0 Å². The molecule has 5 heteroatoms. The summed E-state index contributed by atoms with van der Waals surface area (Å²) >= 11 is 0. The topological polar surface area (TPSA) is 57.0 Å². The Labute approximate surface area is 104 Å². The molecule has 2 aromatic rings. The van der Waals surface area contributed by atoms with E-state index in [0.717, 1.165) is 29.1 Å². The lowest BCUT2D eigenvalue weighted by Crippen LogP contribution is -2.03. The summed E-state index contributed by atoms with van der Waals surface area (Å²) in [6.45, 7) is 0.378. The maximum atomic E-state index is 11.5. The van der Waals surface area contributed by atoms with Crippen LogP contribution in [0.5, 0.6) is 5.75 Å². The Morgan fingerprint density at radius 1 is 1.39 bits per heavy atom. The molecule has 0 saturated carbocycles. The largest absolute Gasteiger partial charge is 0.486 e. The Morgan fingerprint density at radius 2 is 2.28 bits per heavy atom. The molecule has 0 N–H and O–H groups in total. The number of aryl methyl sites for hydroxylation is 2. The number of ether oxygens (including phenoxy) is 1. The van der Waals surface area contributed by atoms with Gasteiger partial charge in [0.2, 0.25) is 0 Å². The van der Waals surface area contributed by atoms with Crippen molar-refractivity contribution >= 4 is 5.78 Å². The minimum absolute atomic E-state index is 0.227. The van der Waals surface area contributed by atoms with Crippen molar-refractivity contribution in [2.45, 2.75) is 19.4 Å². The van der Waals surface area contributed by atoms with Gasteiger partial charge in [0.25, 0.3) is 0 Å². The van der Waals surface area contributed by atoms with Crippen molar-refractivity contribution in [3.05, 3.63) is 41.5 Å².